The normalized spacial score (nSPS) is 18.5. The molecule has 1 aromatic carbocycles. The Hall–Kier alpha value is -2.90. The average Bonchev–Trinajstić information content (AvgIpc) is 3.45. The molecular weight excluding hydrogens is 388 g/mol. The molecule has 1 aliphatic rings. The molecule has 0 aliphatic carbocycles. The van der Waals surface area contributed by atoms with Crippen LogP contribution in [0, 0.1) is 0 Å². The van der Waals surface area contributed by atoms with E-state index < -0.39 is 5.92 Å². The Kier molecular flexibility index (Phi) is 5.78. The van der Waals surface area contributed by atoms with Gasteiger partial charge in [-0.25, -0.2) is 0 Å². The number of carbonyl (C=O) groups excluding carboxylic acids is 2. The minimum absolute atomic E-state index is 0.0777. The molecule has 29 heavy (non-hydrogen) atoms. The standard InChI is InChI=1S/C22H22N2O4S/c1-27-12-10-24-20(18-9-5-13-29-18)19(16-7-2-3-8-17(16)22(24)26)21(25)23-14-15-6-4-11-28-15/h2-9,11,13,19-20H,10,12,14H2,1H3,(H,23,25). The molecule has 0 saturated heterocycles. The molecule has 3 aromatic rings. The van der Waals surface area contributed by atoms with Gasteiger partial charge in [-0.15, -0.1) is 11.3 Å². The van der Waals surface area contributed by atoms with Crippen LogP contribution in [0.2, 0.25) is 0 Å². The Balaban J connectivity index is 1.74. The van der Waals surface area contributed by atoms with E-state index in [-0.39, 0.29) is 17.9 Å². The van der Waals surface area contributed by atoms with Crippen LogP contribution in [0.5, 0.6) is 0 Å². The molecule has 2 amide bonds. The van der Waals surface area contributed by atoms with Gasteiger partial charge < -0.3 is 19.4 Å². The molecule has 6 nitrogen and oxygen atoms in total. The van der Waals surface area contributed by atoms with Gasteiger partial charge in [0.2, 0.25) is 5.91 Å². The molecule has 4 rings (SSSR count). The number of hydrogen-bond acceptors (Lipinski definition) is 5. The Morgan fingerprint density at radius 2 is 2.07 bits per heavy atom. The van der Waals surface area contributed by atoms with Crippen molar-refractivity contribution in [2.75, 3.05) is 20.3 Å². The van der Waals surface area contributed by atoms with Gasteiger partial charge in [0, 0.05) is 24.1 Å². The average molecular weight is 410 g/mol. The van der Waals surface area contributed by atoms with E-state index >= 15 is 0 Å². The first-order chi connectivity index (χ1) is 14.2. The molecule has 0 bridgehead atoms. The second-order valence-electron chi connectivity index (χ2n) is 6.81. The first kappa shape index (κ1) is 19.4. The van der Waals surface area contributed by atoms with Crippen LogP contribution >= 0.6 is 11.3 Å². The van der Waals surface area contributed by atoms with Crippen molar-refractivity contribution in [1.29, 1.82) is 0 Å². The number of hydrogen-bond donors (Lipinski definition) is 1. The van der Waals surface area contributed by atoms with Crippen molar-refractivity contribution < 1.29 is 18.7 Å². The van der Waals surface area contributed by atoms with Crippen LogP contribution in [0.25, 0.3) is 0 Å². The van der Waals surface area contributed by atoms with E-state index in [9.17, 15) is 9.59 Å². The maximum absolute atomic E-state index is 13.4. The number of methoxy groups -OCH3 is 1. The summed E-state index contributed by atoms with van der Waals surface area (Å²) in [5, 5.41) is 4.95. The lowest BCUT2D eigenvalue weighted by molar-refractivity contribution is -0.124. The molecule has 0 spiro atoms. The third-order valence-corrected chi connectivity index (χ3v) is 6.05. The van der Waals surface area contributed by atoms with Crippen LogP contribution in [0.4, 0.5) is 0 Å². The highest BCUT2D eigenvalue weighted by Crippen LogP contribution is 2.44. The molecule has 0 saturated carbocycles. The Morgan fingerprint density at radius 1 is 1.21 bits per heavy atom. The molecule has 3 heterocycles. The van der Waals surface area contributed by atoms with Crippen LogP contribution in [-0.2, 0) is 16.1 Å². The predicted octanol–water partition coefficient (Wildman–Crippen LogP) is 3.58. The second-order valence-corrected chi connectivity index (χ2v) is 7.79. The van der Waals surface area contributed by atoms with Crippen LogP contribution in [0.1, 0.15) is 38.5 Å². The summed E-state index contributed by atoms with van der Waals surface area (Å²) in [7, 11) is 1.61. The number of rotatable bonds is 7. The number of fused-ring (bicyclic) bond motifs is 1. The number of furan rings is 1. The van der Waals surface area contributed by atoms with Gasteiger partial charge in [-0.1, -0.05) is 24.3 Å². The molecule has 0 radical (unpaired) electrons. The monoisotopic (exact) mass is 410 g/mol. The van der Waals surface area contributed by atoms with E-state index in [1.165, 1.54) is 0 Å². The summed E-state index contributed by atoms with van der Waals surface area (Å²) in [6, 6.07) is 14.5. The highest BCUT2D eigenvalue weighted by Gasteiger charge is 2.44. The van der Waals surface area contributed by atoms with Gasteiger partial charge in [-0.3, -0.25) is 9.59 Å². The van der Waals surface area contributed by atoms with Gasteiger partial charge in [-0.05, 0) is 35.2 Å². The van der Waals surface area contributed by atoms with Crippen LogP contribution in [0.3, 0.4) is 0 Å². The minimum Gasteiger partial charge on any atom is -0.467 e. The Labute approximate surface area is 173 Å². The van der Waals surface area contributed by atoms with E-state index in [4.69, 9.17) is 9.15 Å². The fourth-order valence-corrected chi connectivity index (χ4v) is 4.66. The lowest BCUT2D eigenvalue weighted by Crippen LogP contribution is -2.48. The van der Waals surface area contributed by atoms with Gasteiger partial charge in [0.25, 0.3) is 5.91 Å². The quantitative estimate of drug-likeness (QED) is 0.646. The molecule has 2 atom stereocenters. The molecule has 2 aromatic heterocycles. The molecule has 1 N–H and O–H groups in total. The minimum atomic E-state index is -0.519. The maximum Gasteiger partial charge on any atom is 0.254 e. The highest BCUT2D eigenvalue weighted by atomic mass is 32.1. The van der Waals surface area contributed by atoms with Crippen molar-refractivity contribution in [2.45, 2.75) is 18.5 Å². The summed E-state index contributed by atoms with van der Waals surface area (Å²) >= 11 is 1.55. The van der Waals surface area contributed by atoms with Crippen LogP contribution < -0.4 is 5.32 Å². The number of carbonyl (C=O) groups is 2. The second kappa shape index (κ2) is 8.63. The first-order valence-corrected chi connectivity index (χ1v) is 10.3. The summed E-state index contributed by atoms with van der Waals surface area (Å²) in [6.45, 7) is 1.11. The fourth-order valence-electron chi connectivity index (χ4n) is 3.78. The smallest absolute Gasteiger partial charge is 0.254 e. The van der Waals surface area contributed by atoms with Gasteiger partial charge in [-0.2, -0.15) is 0 Å². The molecule has 2 unspecified atom stereocenters. The van der Waals surface area contributed by atoms with Crippen molar-refractivity contribution in [3.63, 3.8) is 0 Å². The number of benzene rings is 1. The van der Waals surface area contributed by atoms with E-state index in [1.54, 1.807) is 41.7 Å². The lowest BCUT2D eigenvalue weighted by Gasteiger charge is -2.41. The Morgan fingerprint density at radius 3 is 2.79 bits per heavy atom. The zero-order valence-electron chi connectivity index (χ0n) is 16.0. The largest absolute Gasteiger partial charge is 0.467 e. The fraction of sp³-hybridized carbons (Fsp3) is 0.273. The lowest BCUT2D eigenvalue weighted by atomic mass is 9.81. The van der Waals surface area contributed by atoms with E-state index in [0.29, 0.717) is 31.0 Å². The van der Waals surface area contributed by atoms with Crippen molar-refractivity contribution in [3.8, 4) is 0 Å². The van der Waals surface area contributed by atoms with Crippen LogP contribution in [0.15, 0.2) is 64.6 Å². The zero-order valence-corrected chi connectivity index (χ0v) is 16.9. The highest BCUT2D eigenvalue weighted by molar-refractivity contribution is 7.10. The van der Waals surface area contributed by atoms with E-state index in [1.807, 2.05) is 41.8 Å². The number of ether oxygens (including phenoxy) is 1. The zero-order chi connectivity index (χ0) is 20.2. The molecule has 0 fully saturated rings. The van der Waals surface area contributed by atoms with Crippen molar-refractivity contribution >= 4 is 23.2 Å². The van der Waals surface area contributed by atoms with Crippen LogP contribution in [-0.4, -0.2) is 37.0 Å². The van der Waals surface area contributed by atoms with Gasteiger partial charge in [0.1, 0.15) is 5.76 Å². The molecule has 1 aliphatic heterocycles. The third-order valence-electron chi connectivity index (χ3n) is 5.11. The van der Waals surface area contributed by atoms with Crippen molar-refractivity contribution in [3.05, 3.63) is 81.9 Å². The number of amides is 2. The van der Waals surface area contributed by atoms with Crippen molar-refractivity contribution in [1.82, 2.24) is 10.2 Å². The summed E-state index contributed by atoms with van der Waals surface area (Å²) in [5.41, 5.74) is 1.32. The third kappa shape index (κ3) is 3.83. The van der Waals surface area contributed by atoms with Crippen molar-refractivity contribution in [2.24, 2.45) is 0 Å². The summed E-state index contributed by atoms with van der Waals surface area (Å²) in [4.78, 5) is 29.4. The molecular formula is C22H22N2O4S. The topological polar surface area (TPSA) is 71.8 Å². The Bertz CT molecular complexity index is 969. The first-order valence-electron chi connectivity index (χ1n) is 9.43. The van der Waals surface area contributed by atoms with Gasteiger partial charge in [0.05, 0.1) is 31.4 Å². The number of nitrogens with one attached hydrogen (secondary N) is 1. The maximum atomic E-state index is 13.4. The van der Waals surface area contributed by atoms with Gasteiger partial charge in [0.15, 0.2) is 0 Å². The van der Waals surface area contributed by atoms with E-state index in [0.717, 1.165) is 10.4 Å². The molecule has 150 valence electrons. The number of thiophene rings is 1. The summed E-state index contributed by atoms with van der Waals surface area (Å²) < 4.78 is 10.6. The predicted molar refractivity (Wildman–Crippen MR) is 110 cm³/mol. The molecule has 7 heteroatoms. The number of nitrogens with zero attached hydrogens (tertiary/aromatic N) is 1. The summed E-state index contributed by atoms with van der Waals surface area (Å²) in [5.74, 6) is -0.0508. The van der Waals surface area contributed by atoms with Gasteiger partial charge >= 0.3 is 0 Å². The van der Waals surface area contributed by atoms with E-state index in [2.05, 4.69) is 5.32 Å². The summed E-state index contributed by atoms with van der Waals surface area (Å²) in [6.07, 6.45) is 1.58. The SMILES string of the molecule is COCCN1C(=O)c2ccccc2C(C(=O)NCc2ccco2)C1c1cccs1.